The maximum atomic E-state index is 12.3. The second-order valence-electron chi connectivity index (χ2n) is 6.24. The van der Waals surface area contributed by atoms with Crippen molar-refractivity contribution in [2.24, 2.45) is 0 Å². The molecule has 1 aromatic rings. The van der Waals surface area contributed by atoms with Crippen LogP contribution in [0.4, 0.5) is 4.79 Å². The van der Waals surface area contributed by atoms with Crippen molar-refractivity contribution in [3.63, 3.8) is 0 Å². The summed E-state index contributed by atoms with van der Waals surface area (Å²) in [6.07, 6.45) is -0.0000262. The zero-order valence-corrected chi connectivity index (χ0v) is 15.1. The molecule has 1 heterocycles. The number of carbonyl (C=O) groups excluding carboxylic acids is 3. The Morgan fingerprint density at radius 3 is 2.28 bits per heavy atom. The number of thioether (sulfide) groups is 1. The summed E-state index contributed by atoms with van der Waals surface area (Å²) in [5.41, 5.74) is -0.545. The van der Waals surface area contributed by atoms with Gasteiger partial charge in [0.2, 0.25) is 5.12 Å². The Labute approximate surface area is 150 Å². The van der Waals surface area contributed by atoms with E-state index in [9.17, 15) is 24.3 Å². The zero-order valence-electron chi connectivity index (χ0n) is 14.3. The van der Waals surface area contributed by atoms with Crippen LogP contribution in [-0.2, 0) is 9.59 Å². The van der Waals surface area contributed by atoms with Crippen LogP contribution in [-0.4, -0.2) is 62.3 Å². The summed E-state index contributed by atoms with van der Waals surface area (Å²) < 4.78 is 0. The second-order valence-corrected chi connectivity index (χ2v) is 7.42. The van der Waals surface area contributed by atoms with E-state index >= 15 is 0 Å². The van der Waals surface area contributed by atoms with Crippen molar-refractivity contribution in [2.75, 3.05) is 13.6 Å². The lowest BCUT2D eigenvalue weighted by Crippen LogP contribution is -2.41. The van der Waals surface area contributed by atoms with E-state index in [0.717, 1.165) is 4.90 Å². The Balaban J connectivity index is 2.03. The van der Waals surface area contributed by atoms with Crippen molar-refractivity contribution in [1.82, 2.24) is 9.80 Å². The highest BCUT2D eigenvalue weighted by Crippen LogP contribution is 2.27. The summed E-state index contributed by atoms with van der Waals surface area (Å²) >= 11 is 0.691. The SMILES string of the molecule is CN1C(=O)N(CCC(SC(=O)c2ccccc2)C(=O)O)C(=O)C1(C)C. The van der Waals surface area contributed by atoms with Gasteiger partial charge in [0.25, 0.3) is 5.91 Å². The smallest absolute Gasteiger partial charge is 0.327 e. The number of rotatable bonds is 6. The molecule has 1 atom stereocenters. The third-order valence-electron chi connectivity index (χ3n) is 4.27. The molecular formula is C17H20N2O5S. The Hall–Kier alpha value is -2.35. The van der Waals surface area contributed by atoms with E-state index in [0.29, 0.717) is 17.3 Å². The number of carboxylic acids is 1. The fraction of sp³-hybridized carbons (Fsp3) is 0.412. The monoisotopic (exact) mass is 364 g/mol. The minimum atomic E-state index is -1.15. The second kappa shape index (κ2) is 7.26. The van der Waals surface area contributed by atoms with Crippen molar-refractivity contribution in [3.8, 4) is 0 Å². The molecule has 0 aromatic heterocycles. The third kappa shape index (κ3) is 3.84. The molecule has 1 unspecified atom stereocenters. The van der Waals surface area contributed by atoms with Gasteiger partial charge in [-0.05, 0) is 20.3 Å². The van der Waals surface area contributed by atoms with Crippen LogP contribution in [0.25, 0.3) is 0 Å². The van der Waals surface area contributed by atoms with Crippen molar-refractivity contribution in [2.45, 2.75) is 31.1 Å². The zero-order chi connectivity index (χ0) is 18.8. The van der Waals surface area contributed by atoms with E-state index < -0.39 is 22.8 Å². The molecule has 25 heavy (non-hydrogen) atoms. The first kappa shape index (κ1) is 19.0. The highest BCUT2D eigenvalue weighted by Gasteiger charge is 2.49. The van der Waals surface area contributed by atoms with Crippen molar-refractivity contribution in [1.29, 1.82) is 0 Å². The van der Waals surface area contributed by atoms with E-state index in [4.69, 9.17) is 0 Å². The van der Waals surface area contributed by atoms with Gasteiger partial charge < -0.3 is 10.0 Å². The summed E-state index contributed by atoms with van der Waals surface area (Å²) in [6.45, 7) is 3.22. The fourth-order valence-corrected chi connectivity index (χ4v) is 3.28. The molecule has 2 rings (SSSR count). The van der Waals surface area contributed by atoms with E-state index in [1.54, 1.807) is 44.2 Å². The fourth-order valence-electron chi connectivity index (χ4n) is 2.43. The summed E-state index contributed by atoms with van der Waals surface area (Å²) in [5, 5.41) is 7.96. The molecule has 0 radical (unpaired) electrons. The highest BCUT2D eigenvalue weighted by atomic mass is 32.2. The number of aliphatic carboxylic acids is 1. The average Bonchev–Trinajstić information content (AvgIpc) is 2.73. The normalized spacial score (nSPS) is 17.7. The lowest BCUT2D eigenvalue weighted by molar-refractivity contribution is -0.137. The maximum Gasteiger partial charge on any atom is 0.327 e. The summed E-state index contributed by atoms with van der Waals surface area (Å²) in [6, 6.07) is 7.92. The third-order valence-corrected chi connectivity index (χ3v) is 5.45. The topological polar surface area (TPSA) is 95.0 Å². The molecular weight excluding hydrogens is 344 g/mol. The minimum absolute atomic E-state index is 0.0000262. The summed E-state index contributed by atoms with van der Waals surface area (Å²) in [7, 11) is 1.53. The van der Waals surface area contributed by atoms with Crippen LogP contribution in [0.15, 0.2) is 30.3 Å². The van der Waals surface area contributed by atoms with Crippen LogP contribution in [0.1, 0.15) is 30.6 Å². The molecule has 1 saturated heterocycles. The number of carboxylic acid groups (broad SMARTS) is 1. The molecule has 0 spiro atoms. The number of benzene rings is 1. The molecule has 3 amide bonds. The maximum absolute atomic E-state index is 12.3. The molecule has 0 aliphatic carbocycles. The molecule has 1 aliphatic heterocycles. The Morgan fingerprint density at radius 2 is 1.80 bits per heavy atom. The molecule has 1 fully saturated rings. The Morgan fingerprint density at radius 1 is 1.20 bits per heavy atom. The first-order chi connectivity index (χ1) is 11.7. The number of hydrogen-bond acceptors (Lipinski definition) is 5. The molecule has 1 N–H and O–H groups in total. The Bertz CT molecular complexity index is 704. The number of imide groups is 1. The Kier molecular flexibility index (Phi) is 5.52. The van der Waals surface area contributed by atoms with Gasteiger partial charge in [-0.25, -0.2) is 4.79 Å². The first-order valence-electron chi connectivity index (χ1n) is 7.75. The molecule has 7 nitrogen and oxygen atoms in total. The lowest BCUT2D eigenvalue weighted by Gasteiger charge is -2.22. The van der Waals surface area contributed by atoms with Crippen LogP contribution < -0.4 is 0 Å². The molecule has 0 saturated carbocycles. The molecule has 134 valence electrons. The quantitative estimate of drug-likeness (QED) is 0.777. The summed E-state index contributed by atoms with van der Waals surface area (Å²) in [4.78, 5) is 50.5. The minimum Gasteiger partial charge on any atom is -0.480 e. The van der Waals surface area contributed by atoms with Gasteiger partial charge in [-0.1, -0.05) is 42.1 Å². The van der Waals surface area contributed by atoms with E-state index in [1.807, 2.05) is 0 Å². The van der Waals surface area contributed by atoms with Crippen LogP contribution in [0, 0.1) is 0 Å². The molecule has 0 bridgehead atoms. The van der Waals surface area contributed by atoms with Gasteiger partial charge in [-0.15, -0.1) is 0 Å². The molecule has 1 aliphatic rings. The van der Waals surface area contributed by atoms with Gasteiger partial charge in [0.05, 0.1) is 0 Å². The number of nitrogens with zero attached hydrogens (tertiary/aromatic N) is 2. The average molecular weight is 364 g/mol. The van der Waals surface area contributed by atoms with Gasteiger partial charge in [-0.2, -0.15) is 0 Å². The van der Waals surface area contributed by atoms with Crippen molar-refractivity contribution < 1.29 is 24.3 Å². The van der Waals surface area contributed by atoms with Crippen molar-refractivity contribution in [3.05, 3.63) is 35.9 Å². The van der Waals surface area contributed by atoms with E-state index in [2.05, 4.69) is 0 Å². The van der Waals surface area contributed by atoms with E-state index in [-0.39, 0.29) is 24.0 Å². The summed E-state index contributed by atoms with van der Waals surface area (Å²) in [5.74, 6) is -1.52. The van der Waals surface area contributed by atoms with Crippen LogP contribution in [0.5, 0.6) is 0 Å². The predicted octanol–water partition coefficient (Wildman–Crippen LogP) is 2.08. The van der Waals surface area contributed by atoms with Gasteiger partial charge in [0.1, 0.15) is 10.8 Å². The lowest BCUT2D eigenvalue weighted by atomic mass is 10.1. The number of hydrogen-bond donors (Lipinski definition) is 1. The molecule has 8 heteroatoms. The predicted molar refractivity (Wildman–Crippen MR) is 93.4 cm³/mol. The van der Waals surface area contributed by atoms with Crippen LogP contribution in [0.2, 0.25) is 0 Å². The van der Waals surface area contributed by atoms with Gasteiger partial charge in [-0.3, -0.25) is 19.3 Å². The largest absolute Gasteiger partial charge is 0.480 e. The van der Waals surface area contributed by atoms with E-state index in [1.165, 1.54) is 11.9 Å². The standard InChI is InChI=1S/C17H20N2O5S/c1-17(2)15(23)19(16(24)18(17)3)10-9-12(13(20)21)25-14(22)11-7-5-4-6-8-11/h4-8,12H,9-10H2,1-3H3,(H,20,21). The highest BCUT2D eigenvalue weighted by molar-refractivity contribution is 8.15. The van der Waals surface area contributed by atoms with Crippen molar-refractivity contribution >= 4 is 34.8 Å². The number of amides is 3. The van der Waals surface area contributed by atoms with Crippen LogP contribution >= 0.6 is 11.8 Å². The van der Waals surface area contributed by atoms with Gasteiger partial charge in [0.15, 0.2) is 0 Å². The van der Waals surface area contributed by atoms with Gasteiger partial charge in [0, 0.05) is 19.2 Å². The molecule has 1 aromatic carbocycles. The number of urea groups is 1. The first-order valence-corrected chi connectivity index (χ1v) is 8.63. The number of carbonyl (C=O) groups is 4. The van der Waals surface area contributed by atoms with Gasteiger partial charge >= 0.3 is 12.0 Å². The number of likely N-dealkylation sites (N-methyl/N-ethyl adjacent to an activating group) is 1. The van der Waals surface area contributed by atoms with Crippen LogP contribution in [0.3, 0.4) is 0 Å².